The van der Waals surface area contributed by atoms with E-state index in [-0.39, 0.29) is 6.03 Å². The molecule has 0 saturated carbocycles. The van der Waals surface area contributed by atoms with E-state index in [1.54, 1.807) is 7.05 Å². The largest absolute Gasteiger partial charge is 0.480 e. The van der Waals surface area contributed by atoms with Crippen LogP contribution in [-0.2, 0) is 4.79 Å². The van der Waals surface area contributed by atoms with Gasteiger partial charge in [0.2, 0.25) is 0 Å². The number of nitrogens with zero attached hydrogens (tertiary/aromatic N) is 1. The third kappa shape index (κ3) is 6.60. The van der Waals surface area contributed by atoms with E-state index in [1.807, 2.05) is 13.8 Å². The molecule has 2 amide bonds. The quantitative estimate of drug-likeness (QED) is 0.669. The summed E-state index contributed by atoms with van der Waals surface area (Å²) in [5.41, 5.74) is 0.850. The molecule has 0 heterocycles. The Morgan fingerprint density at radius 1 is 1.47 bits per heavy atom. The van der Waals surface area contributed by atoms with E-state index in [9.17, 15) is 9.59 Å². The maximum atomic E-state index is 11.7. The lowest BCUT2D eigenvalue weighted by Gasteiger charge is -2.21. The van der Waals surface area contributed by atoms with Gasteiger partial charge in [-0.25, -0.2) is 9.59 Å². The molecule has 0 radical (unpaired) electrons. The fourth-order valence-electron chi connectivity index (χ4n) is 1.40. The molecular formula is C12H22N2O3. The fourth-order valence-corrected chi connectivity index (χ4v) is 1.40. The Bertz CT molecular complexity index is 289. The first-order valence-corrected chi connectivity index (χ1v) is 5.77. The van der Waals surface area contributed by atoms with Crippen molar-refractivity contribution in [2.24, 2.45) is 0 Å². The summed E-state index contributed by atoms with van der Waals surface area (Å²) in [5, 5.41) is 11.5. The van der Waals surface area contributed by atoms with Crippen molar-refractivity contribution in [3.63, 3.8) is 0 Å². The molecule has 0 aromatic rings. The predicted molar refractivity (Wildman–Crippen MR) is 66.9 cm³/mol. The van der Waals surface area contributed by atoms with Crippen molar-refractivity contribution in [2.45, 2.75) is 39.2 Å². The number of aliphatic carboxylic acids is 1. The second-order valence-electron chi connectivity index (χ2n) is 4.30. The highest BCUT2D eigenvalue weighted by atomic mass is 16.4. The number of carboxylic acids is 1. The van der Waals surface area contributed by atoms with Crippen LogP contribution >= 0.6 is 0 Å². The third-order valence-electron chi connectivity index (χ3n) is 2.30. The minimum Gasteiger partial charge on any atom is -0.480 e. The van der Waals surface area contributed by atoms with E-state index in [2.05, 4.69) is 11.9 Å². The van der Waals surface area contributed by atoms with Gasteiger partial charge in [0.05, 0.1) is 0 Å². The molecule has 1 atom stereocenters. The zero-order valence-corrected chi connectivity index (χ0v) is 10.8. The summed E-state index contributed by atoms with van der Waals surface area (Å²) in [6.45, 7) is 7.92. The van der Waals surface area contributed by atoms with Gasteiger partial charge in [0, 0.05) is 13.6 Å². The van der Waals surface area contributed by atoms with Gasteiger partial charge < -0.3 is 15.3 Å². The molecule has 17 heavy (non-hydrogen) atoms. The average molecular weight is 242 g/mol. The lowest BCUT2D eigenvalue weighted by molar-refractivity contribution is -0.139. The van der Waals surface area contributed by atoms with Gasteiger partial charge in [-0.15, -0.1) is 0 Å². The number of unbranched alkanes of at least 4 members (excludes halogenated alkanes) is 1. The zero-order valence-electron chi connectivity index (χ0n) is 10.8. The van der Waals surface area contributed by atoms with Crippen molar-refractivity contribution >= 4 is 12.0 Å². The van der Waals surface area contributed by atoms with Crippen LogP contribution in [0.3, 0.4) is 0 Å². The van der Waals surface area contributed by atoms with E-state index < -0.39 is 12.0 Å². The molecule has 98 valence electrons. The Hall–Kier alpha value is -1.52. The molecule has 0 fully saturated rings. The molecule has 0 aliphatic carbocycles. The van der Waals surface area contributed by atoms with Crippen LogP contribution in [-0.4, -0.2) is 41.6 Å². The summed E-state index contributed by atoms with van der Waals surface area (Å²) in [4.78, 5) is 24.0. The monoisotopic (exact) mass is 242 g/mol. The molecule has 1 unspecified atom stereocenters. The summed E-state index contributed by atoms with van der Waals surface area (Å²) in [7, 11) is 1.61. The molecule has 2 N–H and O–H groups in total. The third-order valence-corrected chi connectivity index (χ3v) is 2.30. The number of amides is 2. The number of urea groups is 1. The van der Waals surface area contributed by atoms with Gasteiger partial charge in [0.25, 0.3) is 0 Å². The fraction of sp³-hybridized carbons (Fsp3) is 0.667. The summed E-state index contributed by atoms with van der Waals surface area (Å²) in [6.07, 6.45) is 2.14. The number of hydrogen-bond acceptors (Lipinski definition) is 2. The SMILES string of the molecule is C=C(C)CN(C)C(=O)NC(CCCC)C(=O)O. The predicted octanol–water partition coefficient (Wildman–Crippen LogP) is 1.85. The number of rotatable bonds is 7. The maximum absolute atomic E-state index is 11.7. The van der Waals surface area contributed by atoms with Gasteiger partial charge >= 0.3 is 12.0 Å². The summed E-state index contributed by atoms with van der Waals surface area (Å²) in [6, 6.07) is -1.19. The highest BCUT2D eigenvalue weighted by Crippen LogP contribution is 2.02. The van der Waals surface area contributed by atoms with Crippen LogP contribution in [0.25, 0.3) is 0 Å². The van der Waals surface area contributed by atoms with Crippen molar-refractivity contribution < 1.29 is 14.7 Å². The average Bonchev–Trinajstić information content (AvgIpc) is 2.22. The van der Waals surface area contributed by atoms with Gasteiger partial charge in [-0.05, 0) is 13.3 Å². The molecule has 0 aliphatic rings. The molecule has 5 nitrogen and oxygen atoms in total. The lowest BCUT2D eigenvalue weighted by atomic mass is 10.1. The highest BCUT2D eigenvalue weighted by Gasteiger charge is 2.20. The van der Waals surface area contributed by atoms with E-state index in [4.69, 9.17) is 5.11 Å². The summed E-state index contributed by atoms with van der Waals surface area (Å²) < 4.78 is 0. The van der Waals surface area contributed by atoms with E-state index in [1.165, 1.54) is 4.90 Å². The first kappa shape index (κ1) is 15.5. The van der Waals surface area contributed by atoms with E-state index >= 15 is 0 Å². The minimum absolute atomic E-state index is 0.378. The highest BCUT2D eigenvalue weighted by molar-refractivity contribution is 5.82. The Kier molecular flexibility index (Phi) is 7.02. The Morgan fingerprint density at radius 3 is 2.47 bits per heavy atom. The van der Waals surface area contributed by atoms with Crippen LogP contribution in [0.2, 0.25) is 0 Å². The molecule has 0 aromatic carbocycles. The number of carbonyl (C=O) groups excluding carboxylic acids is 1. The van der Waals surface area contributed by atoms with Crippen LogP contribution in [0.4, 0.5) is 4.79 Å². The molecule has 0 rings (SSSR count). The summed E-state index contributed by atoms with van der Waals surface area (Å²) in [5.74, 6) is -0.990. The molecule has 5 heteroatoms. The molecule has 0 aliphatic heterocycles. The normalized spacial score (nSPS) is 11.7. The van der Waals surface area contributed by atoms with E-state index in [0.717, 1.165) is 18.4 Å². The Labute approximate surface area is 102 Å². The standard InChI is InChI=1S/C12H22N2O3/c1-5-6-7-10(11(15)16)13-12(17)14(4)8-9(2)3/h10H,2,5-8H2,1,3-4H3,(H,13,17)(H,15,16). The van der Waals surface area contributed by atoms with Crippen LogP contribution in [0, 0.1) is 0 Å². The lowest BCUT2D eigenvalue weighted by Crippen LogP contribution is -2.47. The molecule has 0 saturated heterocycles. The van der Waals surface area contributed by atoms with Crippen LogP contribution < -0.4 is 5.32 Å². The van der Waals surface area contributed by atoms with Gasteiger partial charge in [-0.1, -0.05) is 31.9 Å². The molecule has 0 bridgehead atoms. The Morgan fingerprint density at radius 2 is 2.06 bits per heavy atom. The number of hydrogen-bond donors (Lipinski definition) is 2. The topological polar surface area (TPSA) is 69.6 Å². The van der Waals surface area contributed by atoms with E-state index in [0.29, 0.717) is 13.0 Å². The molecular weight excluding hydrogens is 220 g/mol. The number of carbonyl (C=O) groups is 2. The number of nitrogens with one attached hydrogen (secondary N) is 1. The maximum Gasteiger partial charge on any atom is 0.326 e. The van der Waals surface area contributed by atoms with Crippen LogP contribution in [0.1, 0.15) is 33.1 Å². The van der Waals surface area contributed by atoms with Crippen LogP contribution in [0.15, 0.2) is 12.2 Å². The Balaban J connectivity index is 4.29. The van der Waals surface area contributed by atoms with Crippen molar-refractivity contribution in [3.8, 4) is 0 Å². The molecule has 0 spiro atoms. The second-order valence-corrected chi connectivity index (χ2v) is 4.30. The second kappa shape index (κ2) is 7.70. The minimum atomic E-state index is -0.990. The van der Waals surface area contributed by atoms with Crippen LogP contribution in [0.5, 0.6) is 0 Å². The van der Waals surface area contributed by atoms with Crippen molar-refractivity contribution in [2.75, 3.05) is 13.6 Å². The number of carboxylic acid groups (broad SMARTS) is 1. The van der Waals surface area contributed by atoms with Crippen molar-refractivity contribution in [3.05, 3.63) is 12.2 Å². The van der Waals surface area contributed by atoms with Gasteiger partial charge in [-0.2, -0.15) is 0 Å². The van der Waals surface area contributed by atoms with Gasteiger partial charge in [0.1, 0.15) is 6.04 Å². The van der Waals surface area contributed by atoms with Crippen molar-refractivity contribution in [1.82, 2.24) is 10.2 Å². The number of likely N-dealkylation sites (N-methyl/N-ethyl adjacent to an activating group) is 1. The van der Waals surface area contributed by atoms with Gasteiger partial charge in [-0.3, -0.25) is 0 Å². The summed E-state index contributed by atoms with van der Waals surface area (Å²) >= 11 is 0. The van der Waals surface area contributed by atoms with Gasteiger partial charge in [0.15, 0.2) is 0 Å². The smallest absolute Gasteiger partial charge is 0.326 e. The first-order chi connectivity index (χ1) is 7.88. The first-order valence-electron chi connectivity index (χ1n) is 5.77. The molecule has 0 aromatic heterocycles. The van der Waals surface area contributed by atoms with Crippen molar-refractivity contribution in [1.29, 1.82) is 0 Å². The zero-order chi connectivity index (χ0) is 13.4.